The first kappa shape index (κ1) is 25.6. The lowest BCUT2D eigenvalue weighted by Crippen LogP contribution is -2.23. The van der Waals surface area contributed by atoms with Crippen molar-refractivity contribution in [3.63, 3.8) is 0 Å². The molecule has 0 aliphatic rings. The molecule has 0 fully saturated rings. The Morgan fingerprint density at radius 3 is 2.33 bits per heavy atom. The van der Waals surface area contributed by atoms with E-state index in [1.54, 1.807) is 26.0 Å². The second-order valence-electron chi connectivity index (χ2n) is 8.18. The van der Waals surface area contributed by atoms with Crippen LogP contribution in [0.5, 0.6) is 0 Å². The molecule has 0 aliphatic heterocycles. The molecule has 0 aliphatic carbocycles. The van der Waals surface area contributed by atoms with Crippen molar-refractivity contribution in [3.05, 3.63) is 97.3 Å². The molecule has 4 rings (SSSR count). The third-order valence-corrected chi connectivity index (χ3v) is 7.31. The first-order chi connectivity index (χ1) is 17.1. The number of benzene rings is 2. The van der Waals surface area contributed by atoms with Crippen molar-refractivity contribution in [3.8, 4) is 10.4 Å². The first-order valence-electron chi connectivity index (χ1n) is 10.8. The number of fused-ring (bicyclic) bond motifs is 1. The summed E-state index contributed by atoms with van der Waals surface area (Å²) in [4.78, 5) is 37.8. The number of nitro groups is 1. The van der Waals surface area contributed by atoms with E-state index in [-0.39, 0.29) is 34.1 Å². The molecule has 0 bridgehead atoms. The number of nitrogens with zero attached hydrogens (tertiary/aromatic N) is 2. The zero-order valence-electron chi connectivity index (χ0n) is 19.1. The van der Waals surface area contributed by atoms with Crippen LogP contribution in [0.2, 0.25) is 0 Å². The predicted molar refractivity (Wildman–Crippen MR) is 137 cm³/mol. The summed E-state index contributed by atoms with van der Waals surface area (Å²) in [6.45, 7) is 3.01. The van der Waals surface area contributed by atoms with Gasteiger partial charge in [0.25, 0.3) is 5.69 Å². The van der Waals surface area contributed by atoms with Crippen LogP contribution >= 0.6 is 27.3 Å². The van der Waals surface area contributed by atoms with Crippen LogP contribution in [0, 0.1) is 21.7 Å². The quantitative estimate of drug-likeness (QED) is 0.109. The molecule has 0 radical (unpaired) electrons. The number of carbonyl (C=O) groups is 1. The van der Waals surface area contributed by atoms with Crippen LogP contribution in [0.1, 0.15) is 35.3 Å². The minimum atomic E-state index is -0.844. The fourth-order valence-electron chi connectivity index (χ4n) is 3.79. The van der Waals surface area contributed by atoms with Gasteiger partial charge in [0.05, 0.1) is 23.0 Å². The van der Waals surface area contributed by atoms with Gasteiger partial charge in [-0.1, -0.05) is 22.0 Å². The van der Waals surface area contributed by atoms with Gasteiger partial charge in [0.15, 0.2) is 0 Å². The van der Waals surface area contributed by atoms with Gasteiger partial charge in [0, 0.05) is 34.1 Å². The summed E-state index contributed by atoms with van der Waals surface area (Å²) in [7, 11) is 0. The third kappa shape index (κ3) is 4.80. The number of alkyl halides is 1. The summed E-state index contributed by atoms with van der Waals surface area (Å²) >= 11 is 4.60. The van der Waals surface area contributed by atoms with Crippen molar-refractivity contribution in [2.24, 2.45) is 0 Å². The van der Waals surface area contributed by atoms with Crippen LogP contribution in [-0.2, 0) is 16.6 Å². The number of rotatable bonds is 7. The Bertz CT molecular complexity index is 1530. The number of non-ortho nitro benzene ring substituents is 1. The van der Waals surface area contributed by atoms with Crippen molar-refractivity contribution in [1.82, 2.24) is 4.57 Å². The second kappa shape index (κ2) is 10.3. The number of nitro benzene ring substituents is 1. The van der Waals surface area contributed by atoms with Crippen molar-refractivity contribution in [2.75, 3.05) is 0 Å². The van der Waals surface area contributed by atoms with Crippen molar-refractivity contribution in [1.29, 1.82) is 0 Å². The molecule has 4 aromatic rings. The van der Waals surface area contributed by atoms with E-state index < -0.39 is 34.1 Å². The molecule has 11 heteroatoms. The molecule has 186 valence electrons. The van der Waals surface area contributed by atoms with E-state index in [1.807, 2.05) is 0 Å². The van der Waals surface area contributed by atoms with E-state index in [0.717, 1.165) is 12.1 Å². The standard InChI is InChI=1S/C25H19BrF2N2O5S/c1-13(2)35-25(32)18-12-29(11-17-19(27)4-3-5-20(17)28)24-21(22(18)31)16(10-26)23(36-24)14-6-8-15(9-7-14)30(33)34/h3-9,12-13H,10-11H2,1-2H3. The number of ether oxygens (including phenoxy) is 1. The van der Waals surface area contributed by atoms with Gasteiger partial charge >= 0.3 is 5.97 Å². The molecule has 2 aromatic carbocycles. The molecule has 2 aromatic heterocycles. The summed E-state index contributed by atoms with van der Waals surface area (Å²) in [5, 5.41) is 11.5. The van der Waals surface area contributed by atoms with E-state index >= 15 is 0 Å². The Balaban J connectivity index is 2.00. The maximum Gasteiger partial charge on any atom is 0.343 e. The Morgan fingerprint density at radius 1 is 1.14 bits per heavy atom. The third-order valence-electron chi connectivity index (χ3n) is 5.43. The van der Waals surface area contributed by atoms with Crippen LogP contribution in [0.4, 0.5) is 14.5 Å². The highest BCUT2D eigenvalue weighted by atomic mass is 79.9. The predicted octanol–water partition coefficient (Wildman–Crippen LogP) is 6.42. The van der Waals surface area contributed by atoms with Gasteiger partial charge in [-0.2, -0.15) is 0 Å². The topological polar surface area (TPSA) is 91.4 Å². The maximum atomic E-state index is 14.5. The fourth-order valence-corrected chi connectivity index (χ4v) is 5.83. The van der Waals surface area contributed by atoms with Crippen LogP contribution in [0.3, 0.4) is 0 Å². The highest BCUT2D eigenvalue weighted by molar-refractivity contribution is 9.08. The van der Waals surface area contributed by atoms with E-state index in [0.29, 0.717) is 20.8 Å². The summed E-state index contributed by atoms with van der Waals surface area (Å²) in [5.74, 6) is -2.37. The van der Waals surface area contributed by atoms with Gasteiger partial charge in [-0.3, -0.25) is 14.9 Å². The zero-order chi connectivity index (χ0) is 26.1. The zero-order valence-corrected chi connectivity index (χ0v) is 21.5. The molecule has 7 nitrogen and oxygen atoms in total. The summed E-state index contributed by atoms with van der Waals surface area (Å²) < 4.78 is 35.7. The van der Waals surface area contributed by atoms with Crippen molar-refractivity contribution < 1.29 is 23.2 Å². The van der Waals surface area contributed by atoms with Gasteiger partial charge in [-0.05, 0) is 49.2 Å². The van der Waals surface area contributed by atoms with Crippen LogP contribution in [0.15, 0.2) is 53.5 Å². The largest absolute Gasteiger partial charge is 0.459 e. The smallest absolute Gasteiger partial charge is 0.343 e. The van der Waals surface area contributed by atoms with Gasteiger partial charge in [0.1, 0.15) is 22.0 Å². The van der Waals surface area contributed by atoms with Crippen LogP contribution in [0.25, 0.3) is 20.7 Å². The lowest BCUT2D eigenvalue weighted by molar-refractivity contribution is -0.384. The molecule has 0 saturated heterocycles. The number of aromatic nitrogens is 1. The Hall–Kier alpha value is -3.44. The van der Waals surface area contributed by atoms with Gasteiger partial charge in [-0.25, -0.2) is 13.6 Å². The van der Waals surface area contributed by atoms with Gasteiger partial charge in [0.2, 0.25) is 5.43 Å². The number of esters is 1. The molecule has 36 heavy (non-hydrogen) atoms. The summed E-state index contributed by atoms with van der Waals surface area (Å²) in [6.07, 6.45) is 0.772. The minimum Gasteiger partial charge on any atom is -0.459 e. The molecule has 0 amide bonds. The first-order valence-corrected chi connectivity index (χ1v) is 12.7. The number of thiophene rings is 1. The maximum absolute atomic E-state index is 14.5. The summed E-state index contributed by atoms with van der Waals surface area (Å²) in [5.41, 5.74) is 0.0224. The molecule has 0 saturated carbocycles. The monoisotopic (exact) mass is 576 g/mol. The number of carbonyl (C=O) groups excluding carboxylic acids is 1. The number of pyridine rings is 1. The van der Waals surface area contributed by atoms with Crippen LogP contribution in [-0.4, -0.2) is 21.6 Å². The highest BCUT2D eigenvalue weighted by Crippen LogP contribution is 2.39. The van der Waals surface area contributed by atoms with Gasteiger partial charge in [-0.15, -0.1) is 11.3 Å². The van der Waals surface area contributed by atoms with Crippen molar-refractivity contribution in [2.45, 2.75) is 31.8 Å². The number of halogens is 3. The lowest BCUT2D eigenvalue weighted by atomic mass is 10.1. The molecule has 2 heterocycles. The summed E-state index contributed by atoms with van der Waals surface area (Å²) in [6, 6.07) is 9.34. The fraction of sp³-hybridized carbons (Fsp3) is 0.200. The number of hydrogen-bond donors (Lipinski definition) is 0. The van der Waals surface area contributed by atoms with E-state index in [1.165, 1.54) is 40.3 Å². The van der Waals surface area contributed by atoms with Crippen LogP contribution < -0.4 is 5.43 Å². The second-order valence-corrected chi connectivity index (χ2v) is 9.74. The van der Waals surface area contributed by atoms with Gasteiger partial charge < -0.3 is 9.30 Å². The number of hydrogen-bond acceptors (Lipinski definition) is 6. The molecule has 0 N–H and O–H groups in total. The highest BCUT2D eigenvalue weighted by Gasteiger charge is 2.25. The molecular formula is C25H19BrF2N2O5S. The molecule has 0 unspecified atom stereocenters. The minimum absolute atomic E-state index is 0.0893. The molecule has 0 atom stereocenters. The average Bonchev–Trinajstić information content (AvgIpc) is 3.23. The molecular weight excluding hydrogens is 558 g/mol. The van der Waals surface area contributed by atoms with Crippen molar-refractivity contribution >= 4 is 49.1 Å². The molecule has 0 spiro atoms. The van der Waals surface area contributed by atoms with E-state index in [2.05, 4.69) is 15.9 Å². The Labute approximate surface area is 216 Å². The normalized spacial score (nSPS) is 11.3. The van der Waals surface area contributed by atoms with E-state index in [4.69, 9.17) is 4.74 Å². The average molecular weight is 577 g/mol. The SMILES string of the molecule is CC(C)OC(=O)c1cn(Cc2c(F)cccc2F)c2sc(-c3ccc([N+](=O)[O-])cc3)c(CBr)c2c1=O. The lowest BCUT2D eigenvalue weighted by Gasteiger charge is -2.13. The van der Waals surface area contributed by atoms with E-state index in [9.17, 15) is 28.5 Å². The Morgan fingerprint density at radius 2 is 1.78 bits per heavy atom. The Kier molecular flexibility index (Phi) is 7.32.